The molecule has 0 aliphatic carbocycles. The number of rotatable bonds is 3. The van der Waals surface area contributed by atoms with Crippen LogP contribution in [0.1, 0.15) is 19.3 Å². The summed E-state index contributed by atoms with van der Waals surface area (Å²) in [5.74, 6) is -0.492. The molecule has 0 unspecified atom stereocenters. The van der Waals surface area contributed by atoms with Crippen LogP contribution in [-0.2, 0) is 14.6 Å². The number of anilines is 2. The average molecular weight is 308 g/mol. The van der Waals surface area contributed by atoms with Gasteiger partial charge in [0.15, 0.2) is 9.84 Å². The van der Waals surface area contributed by atoms with E-state index in [0.29, 0.717) is 6.42 Å². The molecule has 1 aromatic carbocycles. The first kappa shape index (κ1) is 14.4. The fraction of sp³-hybridized carbons (Fsp3) is 0.533. The van der Waals surface area contributed by atoms with Crippen LogP contribution in [0, 0.1) is 5.92 Å². The molecule has 1 amide bonds. The van der Waals surface area contributed by atoms with Gasteiger partial charge in [0.1, 0.15) is 0 Å². The maximum absolute atomic E-state index is 12.3. The summed E-state index contributed by atoms with van der Waals surface area (Å²) in [5.41, 5.74) is 1.82. The molecule has 114 valence electrons. The number of hydrogen-bond acceptors (Lipinski definition) is 4. The van der Waals surface area contributed by atoms with Gasteiger partial charge < -0.3 is 10.2 Å². The lowest BCUT2D eigenvalue weighted by molar-refractivity contribution is -0.119. The van der Waals surface area contributed by atoms with E-state index < -0.39 is 15.8 Å². The lowest BCUT2D eigenvalue weighted by Gasteiger charge is -2.22. The maximum Gasteiger partial charge on any atom is 0.228 e. The van der Waals surface area contributed by atoms with Crippen LogP contribution in [0.3, 0.4) is 0 Å². The van der Waals surface area contributed by atoms with Crippen LogP contribution in [0.15, 0.2) is 24.3 Å². The minimum atomic E-state index is -3.03. The molecule has 0 saturated carbocycles. The normalized spacial score (nSPS) is 24.2. The summed E-state index contributed by atoms with van der Waals surface area (Å²) in [7, 11) is -3.03. The second-order valence-electron chi connectivity index (χ2n) is 5.80. The Hall–Kier alpha value is -1.56. The van der Waals surface area contributed by atoms with Gasteiger partial charge in [-0.15, -0.1) is 0 Å². The van der Waals surface area contributed by atoms with Crippen molar-refractivity contribution in [3.8, 4) is 0 Å². The van der Waals surface area contributed by atoms with Crippen molar-refractivity contribution >= 4 is 27.1 Å². The molecule has 2 saturated heterocycles. The van der Waals surface area contributed by atoms with E-state index in [0.717, 1.165) is 24.5 Å². The number of carbonyl (C=O) groups excluding carboxylic acids is 1. The molecule has 2 fully saturated rings. The van der Waals surface area contributed by atoms with Crippen LogP contribution in [0.5, 0.6) is 0 Å². The number of sulfone groups is 1. The molecule has 6 heteroatoms. The Labute approximate surface area is 125 Å². The number of carbonyl (C=O) groups is 1. The highest BCUT2D eigenvalue weighted by molar-refractivity contribution is 7.91. The van der Waals surface area contributed by atoms with E-state index in [4.69, 9.17) is 0 Å². The summed E-state index contributed by atoms with van der Waals surface area (Å²) < 4.78 is 23.0. The monoisotopic (exact) mass is 308 g/mol. The van der Waals surface area contributed by atoms with E-state index in [9.17, 15) is 13.2 Å². The van der Waals surface area contributed by atoms with Crippen LogP contribution in [0.2, 0.25) is 0 Å². The van der Waals surface area contributed by atoms with E-state index in [-0.39, 0.29) is 17.4 Å². The second kappa shape index (κ2) is 5.67. The van der Waals surface area contributed by atoms with Crippen molar-refractivity contribution in [1.82, 2.24) is 0 Å². The van der Waals surface area contributed by atoms with Gasteiger partial charge in [0, 0.05) is 13.1 Å². The summed E-state index contributed by atoms with van der Waals surface area (Å²) in [6.45, 7) is 2.01. The molecular weight excluding hydrogens is 288 g/mol. The SMILES string of the molecule is O=C(Nc1ccccc1N1CCCC1)[C@@H]1CCS(=O)(=O)C1. The number of para-hydroxylation sites is 2. The lowest BCUT2D eigenvalue weighted by atomic mass is 10.1. The predicted octanol–water partition coefficient (Wildman–Crippen LogP) is 1.66. The van der Waals surface area contributed by atoms with E-state index in [1.807, 2.05) is 24.3 Å². The molecule has 2 aliphatic rings. The highest BCUT2D eigenvalue weighted by Crippen LogP contribution is 2.29. The standard InChI is InChI=1S/C15H20N2O3S/c18-15(12-7-10-21(19,20)11-12)16-13-5-1-2-6-14(13)17-8-3-4-9-17/h1-2,5-6,12H,3-4,7-11H2,(H,16,18)/t12-/m1/s1. The molecule has 0 aromatic heterocycles. The highest BCUT2D eigenvalue weighted by atomic mass is 32.2. The number of nitrogens with one attached hydrogen (secondary N) is 1. The fourth-order valence-corrected chi connectivity index (χ4v) is 4.79. The molecule has 5 nitrogen and oxygen atoms in total. The molecular formula is C15H20N2O3S. The van der Waals surface area contributed by atoms with Crippen LogP contribution in [0.4, 0.5) is 11.4 Å². The number of benzene rings is 1. The van der Waals surface area contributed by atoms with Crippen LogP contribution < -0.4 is 10.2 Å². The van der Waals surface area contributed by atoms with Crippen molar-refractivity contribution in [3.05, 3.63) is 24.3 Å². The van der Waals surface area contributed by atoms with Gasteiger partial charge >= 0.3 is 0 Å². The average Bonchev–Trinajstić information content (AvgIpc) is 3.08. The minimum Gasteiger partial charge on any atom is -0.370 e. The van der Waals surface area contributed by atoms with E-state index in [2.05, 4.69) is 10.2 Å². The maximum atomic E-state index is 12.3. The van der Waals surface area contributed by atoms with Gasteiger partial charge in [-0.3, -0.25) is 4.79 Å². The zero-order chi connectivity index (χ0) is 14.9. The summed E-state index contributed by atoms with van der Waals surface area (Å²) in [4.78, 5) is 14.5. The number of hydrogen-bond donors (Lipinski definition) is 1. The second-order valence-corrected chi connectivity index (χ2v) is 8.03. The number of amides is 1. The fourth-order valence-electron chi connectivity index (χ4n) is 3.05. The third-order valence-corrected chi connectivity index (χ3v) is 5.98. The van der Waals surface area contributed by atoms with Crippen LogP contribution in [-0.4, -0.2) is 38.9 Å². The van der Waals surface area contributed by atoms with E-state index in [1.54, 1.807) is 0 Å². The van der Waals surface area contributed by atoms with Gasteiger partial charge in [0.2, 0.25) is 5.91 Å². The summed E-state index contributed by atoms with van der Waals surface area (Å²) in [5, 5.41) is 2.92. The first-order chi connectivity index (χ1) is 10.1. The molecule has 1 atom stereocenters. The van der Waals surface area contributed by atoms with Crippen molar-refractivity contribution in [2.45, 2.75) is 19.3 Å². The quantitative estimate of drug-likeness (QED) is 0.922. The van der Waals surface area contributed by atoms with Crippen molar-refractivity contribution < 1.29 is 13.2 Å². The molecule has 1 aromatic rings. The van der Waals surface area contributed by atoms with Crippen molar-refractivity contribution in [3.63, 3.8) is 0 Å². The Morgan fingerprint density at radius 3 is 2.57 bits per heavy atom. The van der Waals surface area contributed by atoms with Crippen LogP contribution in [0.25, 0.3) is 0 Å². The third-order valence-electron chi connectivity index (χ3n) is 4.21. The van der Waals surface area contributed by atoms with Gasteiger partial charge in [-0.1, -0.05) is 12.1 Å². The molecule has 21 heavy (non-hydrogen) atoms. The highest BCUT2D eigenvalue weighted by Gasteiger charge is 2.33. The van der Waals surface area contributed by atoms with Gasteiger partial charge in [0.25, 0.3) is 0 Å². The molecule has 2 heterocycles. The predicted molar refractivity (Wildman–Crippen MR) is 83.3 cm³/mol. The van der Waals surface area contributed by atoms with Gasteiger partial charge in [-0.05, 0) is 31.4 Å². The van der Waals surface area contributed by atoms with E-state index in [1.165, 1.54) is 12.8 Å². The molecule has 1 N–H and O–H groups in total. The first-order valence-electron chi connectivity index (χ1n) is 7.40. The Kier molecular flexibility index (Phi) is 3.89. The van der Waals surface area contributed by atoms with Gasteiger partial charge in [0.05, 0.1) is 28.8 Å². The minimum absolute atomic E-state index is 0.0231. The third kappa shape index (κ3) is 3.20. The Balaban J connectivity index is 1.74. The van der Waals surface area contributed by atoms with Crippen LogP contribution >= 0.6 is 0 Å². The Morgan fingerprint density at radius 2 is 1.90 bits per heavy atom. The molecule has 0 radical (unpaired) electrons. The van der Waals surface area contributed by atoms with Gasteiger partial charge in [-0.25, -0.2) is 8.42 Å². The van der Waals surface area contributed by atoms with E-state index >= 15 is 0 Å². The summed E-state index contributed by atoms with van der Waals surface area (Å²) in [6.07, 6.45) is 2.77. The molecule has 0 bridgehead atoms. The Morgan fingerprint density at radius 1 is 1.19 bits per heavy atom. The smallest absolute Gasteiger partial charge is 0.228 e. The number of nitrogens with zero attached hydrogens (tertiary/aromatic N) is 1. The largest absolute Gasteiger partial charge is 0.370 e. The van der Waals surface area contributed by atoms with Gasteiger partial charge in [-0.2, -0.15) is 0 Å². The molecule has 2 aliphatic heterocycles. The topological polar surface area (TPSA) is 66.5 Å². The molecule has 3 rings (SSSR count). The Bertz CT molecular complexity index is 636. The zero-order valence-electron chi connectivity index (χ0n) is 11.9. The van der Waals surface area contributed by atoms with Crippen molar-refractivity contribution in [1.29, 1.82) is 0 Å². The van der Waals surface area contributed by atoms with Crippen molar-refractivity contribution in [2.24, 2.45) is 5.92 Å². The zero-order valence-corrected chi connectivity index (χ0v) is 12.7. The summed E-state index contributed by atoms with van der Waals surface area (Å²) >= 11 is 0. The summed E-state index contributed by atoms with van der Waals surface area (Å²) in [6, 6.07) is 7.74. The molecule has 0 spiro atoms. The lowest BCUT2D eigenvalue weighted by Crippen LogP contribution is -2.26. The first-order valence-corrected chi connectivity index (χ1v) is 9.22. The van der Waals surface area contributed by atoms with Crippen molar-refractivity contribution in [2.75, 3.05) is 34.8 Å².